The molecule has 11 heavy (non-hydrogen) atoms. The second-order valence-corrected chi connectivity index (χ2v) is 2.13. The van der Waals surface area contributed by atoms with Crippen molar-refractivity contribution in [1.82, 2.24) is 0 Å². The average Bonchev–Trinajstić information content (AvgIpc) is 2.05. The van der Waals surface area contributed by atoms with Crippen molar-refractivity contribution in [2.24, 2.45) is 0 Å². The van der Waals surface area contributed by atoms with Gasteiger partial charge in [-0.3, -0.25) is 0 Å². The van der Waals surface area contributed by atoms with Crippen molar-refractivity contribution in [2.75, 3.05) is 20.5 Å². The van der Waals surface area contributed by atoms with E-state index in [4.69, 9.17) is 14.6 Å². The maximum atomic E-state index is 8.46. The van der Waals surface area contributed by atoms with Crippen molar-refractivity contribution in [3.63, 3.8) is 0 Å². The number of hydrogen-bond acceptors (Lipinski definition) is 3. The highest BCUT2D eigenvalue weighted by Gasteiger charge is 1.99. The van der Waals surface area contributed by atoms with Crippen molar-refractivity contribution in [1.29, 1.82) is 0 Å². The summed E-state index contributed by atoms with van der Waals surface area (Å²) >= 11 is 0. The minimum Gasteiger partial charge on any atom is -0.392 e. The third-order valence-corrected chi connectivity index (χ3v) is 1.26. The molecular formula is C8H16O3. The molecule has 0 radical (unpaired) electrons. The summed E-state index contributed by atoms with van der Waals surface area (Å²) < 4.78 is 9.96. The maximum absolute atomic E-state index is 8.46. The van der Waals surface area contributed by atoms with Gasteiger partial charge in [0.25, 0.3) is 0 Å². The molecule has 0 bridgehead atoms. The van der Waals surface area contributed by atoms with E-state index in [1.807, 2.05) is 13.0 Å². The van der Waals surface area contributed by atoms with E-state index < -0.39 is 0 Å². The number of aliphatic hydroxyl groups is 1. The van der Waals surface area contributed by atoms with Crippen molar-refractivity contribution in [3.05, 3.63) is 12.2 Å². The van der Waals surface area contributed by atoms with E-state index in [1.165, 1.54) is 0 Å². The van der Waals surface area contributed by atoms with Crippen LogP contribution < -0.4 is 0 Å². The summed E-state index contributed by atoms with van der Waals surface area (Å²) in [6, 6.07) is 0. The number of hydrogen-bond donors (Lipinski definition) is 1. The van der Waals surface area contributed by atoms with Gasteiger partial charge in [0.1, 0.15) is 6.79 Å². The summed E-state index contributed by atoms with van der Waals surface area (Å²) in [4.78, 5) is 0. The zero-order valence-corrected chi connectivity index (χ0v) is 7.12. The molecule has 1 N–H and O–H groups in total. The van der Waals surface area contributed by atoms with E-state index in [0.29, 0.717) is 6.79 Å². The molecule has 0 aromatic rings. The van der Waals surface area contributed by atoms with Crippen LogP contribution in [0.1, 0.15) is 13.3 Å². The molecule has 0 aromatic carbocycles. The van der Waals surface area contributed by atoms with Gasteiger partial charge in [-0.1, -0.05) is 19.1 Å². The number of aliphatic hydroxyl groups excluding tert-OH is 1. The first-order valence-electron chi connectivity index (χ1n) is 3.73. The van der Waals surface area contributed by atoms with Gasteiger partial charge in [-0.05, 0) is 6.42 Å². The summed E-state index contributed by atoms with van der Waals surface area (Å²) in [5, 5.41) is 8.46. The van der Waals surface area contributed by atoms with Gasteiger partial charge < -0.3 is 14.6 Å². The second-order valence-electron chi connectivity index (χ2n) is 2.13. The topological polar surface area (TPSA) is 38.7 Å². The molecule has 66 valence electrons. The quantitative estimate of drug-likeness (QED) is 0.464. The molecule has 0 fully saturated rings. The molecule has 0 spiro atoms. The molecule has 1 atom stereocenters. The Morgan fingerprint density at radius 1 is 1.55 bits per heavy atom. The predicted molar refractivity (Wildman–Crippen MR) is 43.3 cm³/mol. The maximum Gasteiger partial charge on any atom is 0.147 e. The van der Waals surface area contributed by atoms with E-state index in [0.717, 1.165) is 6.42 Å². The highest BCUT2D eigenvalue weighted by molar-refractivity contribution is 4.88. The normalized spacial score (nSPS) is 14.1. The molecule has 0 rings (SSSR count). The minimum absolute atomic E-state index is 0.0575. The van der Waals surface area contributed by atoms with Crippen LogP contribution in [0.2, 0.25) is 0 Å². The van der Waals surface area contributed by atoms with Crippen molar-refractivity contribution in [3.8, 4) is 0 Å². The first-order chi connectivity index (χ1) is 5.35. The Balaban J connectivity index is 3.48. The molecule has 0 heterocycles. The van der Waals surface area contributed by atoms with E-state index >= 15 is 0 Å². The molecular weight excluding hydrogens is 144 g/mol. The Labute approximate surface area is 67.6 Å². The van der Waals surface area contributed by atoms with Crippen molar-refractivity contribution < 1.29 is 14.6 Å². The summed E-state index contributed by atoms with van der Waals surface area (Å²) in [5.41, 5.74) is 0. The Morgan fingerprint density at radius 2 is 2.27 bits per heavy atom. The van der Waals surface area contributed by atoms with Gasteiger partial charge in [-0.15, -0.1) is 0 Å². The third-order valence-electron chi connectivity index (χ3n) is 1.26. The van der Waals surface area contributed by atoms with Crippen molar-refractivity contribution >= 4 is 0 Å². The Kier molecular flexibility index (Phi) is 7.46. The molecule has 0 aliphatic rings. The van der Waals surface area contributed by atoms with Gasteiger partial charge in [0, 0.05) is 7.11 Å². The monoisotopic (exact) mass is 160 g/mol. The van der Waals surface area contributed by atoms with Crippen molar-refractivity contribution in [2.45, 2.75) is 19.4 Å². The zero-order valence-electron chi connectivity index (χ0n) is 7.12. The van der Waals surface area contributed by atoms with Gasteiger partial charge >= 0.3 is 0 Å². The van der Waals surface area contributed by atoms with Gasteiger partial charge in [0.05, 0.1) is 12.7 Å². The molecule has 0 aliphatic heterocycles. The summed E-state index contributed by atoms with van der Waals surface area (Å²) in [7, 11) is 1.59. The summed E-state index contributed by atoms with van der Waals surface area (Å²) in [5.74, 6) is 0. The molecule has 3 nitrogen and oxygen atoms in total. The Bertz CT molecular complexity index is 102. The van der Waals surface area contributed by atoms with Crippen LogP contribution >= 0.6 is 0 Å². The summed E-state index contributed by atoms with van der Waals surface area (Å²) in [6.07, 6.45) is 4.45. The first-order valence-corrected chi connectivity index (χ1v) is 3.73. The van der Waals surface area contributed by atoms with Crippen LogP contribution in [-0.2, 0) is 9.47 Å². The molecule has 3 heteroatoms. The number of ether oxygens (including phenoxy) is 2. The fourth-order valence-electron chi connectivity index (χ4n) is 0.678. The van der Waals surface area contributed by atoms with E-state index in [9.17, 15) is 0 Å². The summed E-state index contributed by atoms with van der Waals surface area (Å²) in [6.45, 7) is 2.38. The third kappa shape index (κ3) is 6.04. The smallest absolute Gasteiger partial charge is 0.147 e. The van der Waals surface area contributed by atoms with Gasteiger partial charge in [0.15, 0.2) is 0 Å². The highest BCUT2D eigenvalue weighted by atomic mass is 16.7. The fourth-order valence-corrected chi connectivity index (χ4v) is 0.678. The standard InChI is InChI=1S/C8H16O3/c1-3-8(5-4-6-9)11-7-10-2/h4-5,8-9H,3,6-7H2,1-2H3/b5-4+/t8-/m1/s1. The largest absolute Gasteiger partial charge is 0.392 e. The zero-order chi connectivity index (χ0) is 8.53. The van der Waals surface area contributed by atoms with Gasteiger partial charge in [-0.2, -0.15) is 0 Å². The first kappa shape index (κ1) is 10.6. The lowest BCUT2D eigenvalue weighted by molar-refractivity contribution is -0.0562. The van der Waals surface area contributed by atoms with Gasteiger partial charge in [-0.25, -0.2) is 0 Å². The molecule has 0 saturated carbocycles. The number of methoxy groups -OCH3 is 1. The predicted octanol–water partition coefficient (Wildman–Crippen LogP) is 0.934. The van der Waals surface area contributed by atoms with Gasteiger partial charge in [0.2, 0.25) is 0 Å². The van der Waals surface area contributed by atoms with E-state index in [1.54, 1.807) is 13.2 Å². The molecule has 0 aliphatic carbocycles. The average molecular weight is 160 g/mol. The molecule has 0 unspecified atom stereocenters. The lowest BCUT2D eigenvalue weighted by Crippen LogP contribution is -2.10. The van der Waals surface area contributed by atoms with E-state index in [2.05, 4.69) is 0 Å². The Hall–Kier alpha value is -0.380. The molecule has 0 aromatic heterocycles. The van der Waals surface area contributed by atoms with Crippen LogP contribution in [0.15, 0.2) is 12.2 Å². The van der Waals surface area contributed by atoms with Crippen LogP contribution in [0.25, 0.3) is 0 Å². The Morgan fingerprint density at radius 3 is 2.73 bits per heavy atom. The van der Waals surface area contributed by atoms with Crippen LogP contribution in [-0.4, -0.2) is 31.7 Å². The number of rotatable bonds is 6. The van der Waals surface area contributed by atoms with Crippen LogP contribution in [0.5, 0.6) is 0 Å². The lowest BCUT2D eigenvalue weighted by atomic mass is 10.2. The van der Waals surface area contributed by atoms with Crippen LogP contribution in [0.4, 0.5) is 0 Å². The highest BCUT2D eigenvalue weighted by Crippen LogP contribution is 1.99. The second kappa shape index (κ2) is 7.72. The van der Waals surface area contributed by atoms with Crippen LogP contribution in [0.3, 0.4) is 0 Å². The van der Waals surface area contributed by atoms with E-state index in [-0.39, 0.29) is 12.7 Å². The SMILES string of the molecule is CC[C@H](/C=C/CO)OCOC. The fraction of sp³-hybridized carbons (Fsp3) is 0.750. The lowest BCUT2D eigenvalue weighted by Gasteiger charge is -2.09. The molecule has 0 amide bonds. The minimum atomic E-state index is 0.0575. The molecule has 0 saturated heterocycles. The van der Waals surface area contributed by atoms with Crippen LogP contribution in [0, 0.1) is 0 Å².